The molecule has 0 atom stereocenters. The van der Waals surface area contributed by atoms with E-state index in [2.05, 4.69) is 34.1 Å². The molecule has 0 aliphatic carbocycles. The Morgan fingerprint density at radius 2 is 1.65 bits per heavy atom. The number of hydrogen-bond acceptors (Lipinski definition) is 5. The van der Waals surface area contributed by atoms with Gasteiger partial charge in [0, 0.05) is 38.3 Å². The van der Waals surface area contributed by atoms with Crippen LogP contribution in [0.5, 0.6) is 5.75 Å². The van der Waals surface area contributed by atoms with Crippen molar-refractivity contribution >= 4 is 11.7 Å². The summed E-state index contributed by atoms with van der Waals surface area (Å²) in [5, 5.41) is 0. The number of rotatable bonds is 7. The lowest BCUT2D eigenvalue weighted by Gasteiger charge is -2.34. The number of hydrogen-bond donors (Lipinski definition) is 1. The third-order valence-electron chi connectivity index (χ3n) is 5.57. The van der Waals surface area contributed by atoms with E-state index in [0.29, 0.717) is 5.82 Å². The third-order valence-corrected chi connectivity index (χ3v) is 5.57. The van der Waals surface area contributed by atoms with Crippen LogP contribution in [-0.4, -0.2) is 60.0 Å². The lowest BCUT2D eigenvalue weighted by Crippen LogP contribution is -2.50. The maximum absolute atomic E-state index is 12.4. The molecular weight excluding hydrogens is 388 g/mol. The Balaban J connectivity index is 1.20. The standard InChI is InChI=1S/C25H28N4O2/c26-24-8-4-7-23(27-24)21-11-9-20(10-12-21)13-14-28-15-17-29(18-16-28)25(30)19-31-22-5-2-1-3-6-22/h1-12H,13-19H2,(H2,26,27). The van der Waals surface area contributed by atoms with Crippen LogP contribution in [0.25, 0.3) is 11.3 Å². The van der Waals surface area contributed by atoms with Gasteiger partial charge in [-0.25, -0.2) is 4.98 Å². The number of carbonyl (C=O) groups is 1. The van der Waals surface area contributed by atoms with E-state index in [1.807, 2.05) is 47.4 Å². The summed E-state index contributed by atoms with van der Waals surface area (Å²) in [4.78, 5) is 21.1. The number of nitrogens with zero attached hydrogens (tertiary/aromatic N) is 3. The van der Waals surface area contributed by atoms with Crippen molar-refractivity contribution in [3.8, 4) is 17.0 Å². The van der Waals surface area contributed by atoms with Gasteiger partial charge in [-0.3, -0.25) is 9.69 Å². The van der Waals surface area contributed by atoms with E-state index < -0.39 is 0 Å². The van der Waals surface area contributed by atoms with Crippen molar-refractivity contribution < 1.29 is 9.53 Å². The average molecular weight is 417 g/mol. The number of amides is 1. The molecular formula is C25H28N4O2. The topological polar surface area (TPSA) is 71.7 Å². The monoisotopic (exact) mass is 416 g/mol. The van der Waals surface area contributed by atoms with Gasteiger partial charge in [-0.15, -0.1) is 0 Å². The Morgan fingerprint density at radius 3 is 2.35 bits per heavy atom. The largest absolute Gasteiger partial charge is 0.484 e. The van der Waals surface area contributed by atoms with Gasteiger partial charge in [-0.2, -0.15) is 0 Å². The van der Waals surface area contributed by atoms with Crippen LogP contribution >= 0.6 is 0 Å². The first-order chi connectivity index (χ1) is 15.2. The minimum atomic E-state index is 0.0502. The maximum Gasteiger partial charge on any atom is 0.260 e. The molecule has 4 rings (SSSR count). The Morgan fingerprint density at radius 1 is 0.903 bits per heavy atom. The number of benzene rings is 2. The molecule has 31 heavy (non-hydrogen) atoms. The van der Waals surface area contributed by atoms with E-state index in [-0.39, 0.29) is 12.5 Å². The number of piperazine rings is 1. The molecule has 1 amide bonds. The average Bonchev–Trinajstić information content (AvgIpc) is 2.82. The zero-order chi connectivity index (χ0) is 21.5. The molecule has 0 spiro atoms. The zero-order valence-electron chi connectivity index (χ0n) is 17.6. The van der Waals surface area contributed by atoms with Gasteiger partial charge in [0.05, 0.1) is 5.69 Å². The van der Waals surface area contributed by atoms with Gasteiger partial charge < -0.3 is 15.4 Å². The van der Waals surface area contributed by atoms with Crippen molar-refractivity contribution in [1.29, 1.82) is 0 Å². The van der Waals surface area contributed by atoms with Crippen molar-refractivity contribution in [2.24, 2.45) is 0 Å². The van der Waals surface area contributed by atoms with Crippen molar-refractivity contribution in [1.82, 2.24) is 14.8 Å². The summed E-state index contributed by atoms with van der Waals surface area (Å²) in [7, 11) is 0. The molecule has 0 radical (unpaired) electrons. The molecule has 3 aromatic rings. The van der Waals surface area contributed by atoms with Gasteiger partial charge in [0.1, 0.15) is 11.6 Å². The molecule has 1 fully saturated rings. The Labute approximate surface area is 183 Å². The van der Waals surface area contributed by atoms with Crippen molar-refractivity contribution in [3.63, 3.8) is 0 Å². The fourth-order valence-electron chi connectivity index (χ4n) is 3.72. The molecule has 0 bridgehead atoms. The zero-order valence-corrected chi connectivity index (χ0v) is 17.6. The quantitative estimate of drug-likeness (QED) is 0.641. The van der Waals surface area contributed by atoms with Crippen LogP contribution in [0.3, 0.4) is 0 Å². The van der Waals surface area contributed by atoms with Gasteiger partial charge >= 0.3 is 0 Å². The molecule has 2 heterocycles. The Bertz CT molecular complexity index is 984. The molecule has 0 saturated carbocycles. The molecule has 6 heteroatoms. The summed E-state index contributed by atoms with van der Waals surface area (Å²) < 4.78 is 5.59. The minimum absolute atomic E-state index is 0.0502. The normalized spacial score (nSPS) is 14.4. The Hall–Kier alpha value is -3.38. The SMILES string of the molecule is Nc1cccc(-c2ccc(CCN3CCN(C(=O)COc4ccccc4)CC3)cc2)n1. The van der Waals surface area contributed by atoms with Crippen molar-refractivity contribution in [3.05, 3.63) is 78.4 Å². The molecule has 2 aromatic carbocycles. The fraction of sp³-hybridized carbons (Fsp3) is 0.280. The summed E-state index contributed by atoms with van der Waals surface area (Å²) in [5.41, 5.74) is 9.04. The number of carbonyl (C=O) groups excluding carboxylic acids is 1. The van der Waals surface area contributed by atoms with Crippen molar-refractivity contribution in [2.75, 3.05) is 45.1 Å². The second kappa shape index (κ2) is 10.1. The molecule has 1 aliphatic heterocycles. The first kappa shape index (κ1) is 20.9. The highest BCUT2D eigenvalue weighted by atomic mass is 16.5. The predicted molar refractivity (Wildman–Crippen MR) is 123 cm³/mol. The van der Waals surface area contributed by atoms with Crippen LogP contribution in [0, 0.1) is 0 Å². The first-order valence-corrected chi connectivity index (χ1v) is 10.7. The molecule has 2 N–H and O–H groups in total. The van der Waals surface area contributed by atoms with E-state index in [1.54, 1.807) is 6.07 Å². The van der Waals surface area contributed by atoms with Crippen LogP contribution in [-0.2, 0) is 11.2 Å². The summed E-state index contributed by atoms with van der Waals surface area (Å²) in [5.74, 6) is 1.31. The van der Waals surface area contributed by atoms with Gasteiger partial charge in [0.25, 0.3) is 5.91 Å². The third kappa shape index (κ3) is 5.83. The smallest absolute Gasteiger partial charge is 0.260 e. The van der Waals surface area contributed by atoms with E-state index in [9.17, 15) is 4.79 Å². The van der Waals surface area contributed by atoms with Gasteiger partial charge in [0.2, 0.25) is 0 Å². The highest BCUT2D eigenvalue weighted by Crippen LogP contribution is 2.19. The molecule has 1 saturated heterocycles. The number of aromatic nitrogens is 1. The second-order valence-corrected chi connectivity index (χ2v) is 7.72. The molecule has 6 nitrogen and oxygen atoms in total. The number of nitrogen functional groups attached to an aromatic ring is 1. The van der Waals surface area contributed by atoms with Crippen molar-refractivity contribution in [2.45, 2.75) is 6.42 Å². The number of ether oxygens (including phenoxy) is 1. The highest BCUT2D eigenvalue weighted by Gasteiger charge is 2.21. The summed E-state index contributed by atoms with van der Waals surface area (Å²) in [6, 6.07) is 23.7. The minimum Gasteiger partial charge on any atom is -0.484 e. The highest BCUT2D eigenvalue weighted by molar-refractivity contribution is 5.77. The Kier molecular flexibility index (Phi) is 6.79. The van der Waals surface area contributed by atoms with Crippen LogP contribution < -0.4 is 10.5 Å². The van der Waals surface area contributed by atoms with Crippen LogP contribution in [0.1, 0.15) is 5.56 Å². The number of para-hydroxylation sites is 1. The number of anilines is 1. The summed E-state index contributed by atoms with van der Waals surface area (Å²) >= 11 is 0. The van der Waals surface area contributed by atoms with Gasteiger partial charge in [-0.05, 0) is 36.2 Å². The molecule has 1 aliphatic rings. The van der Waals surface area contributed by atoms with Crippen LogP contribution in [0.2, 0.25) is 0 Å². The van der Waals surface area contributed by atoms with E-state index in [0.717, 1.165) is 56.2 Å². The second-order valence-electron chi connectivity index (χ2n) is 7.72. The number of nitrogens with two attached hydrogens (primary N) is 1. The predicted octanol–water partition coefficient (Wildman–Crippen LogP) is 3.10. The first-order valence-electron chi connectivity index (χ1n) is 10.7. The lowest BCUT2D eigenvalue weighted by atomic mass is 10.1. The van der Waals surface area contributed by atoms with Crippen LogP contribution in [0.4, 0.5) is 5.82 Å². The van der Waals surface area contributed by atoms with Crippen LogP contribution in [0.15, 0.2) is 72.8 Å². The maximum atomic E-state index is 12.4. The lowest BCUT2D eigenvalue weighted by molar-refractivity contribution is -0.135. The van der Waals surface area contributed by atoms with E-state index in [4.69, 9.17) is 10.5 Å². The van der Waals surface area contributed by atoms with Gasteiger partial charge in [-0.1, -0.05) is 48.5 Å². The van der Waals surface area contributed by atoms with E-state index in [1.165, 1.54) is 5.56 Å². The summed E-state index contributed by atoms with van der Waals surface area (Å²) in [6.45, 7) is 4.36. The molecule has 160 valence electrons. The molecule has 1 aromatic heterocycles. The van der Waals surface area contributed by atoms with E-state index >= 15 is 0 Å². The number of pyridine rings is 1. The fourth-order valence-corrected chi connectivity index (χ4v) is 3.72. The summed E-state index contributed by atoms with van der Waals surface area (Å²) in [6.07, 6.45) is 0.982. The van der Waals surface area contributed by atoms with Gasteiger partial charge in [0.15, 0.2) is 6.61 Å². The molecule has 0 unspecified atom stereocenters.